The van der Waals surface area contributed by atoms with Crippen molar-refractivity contribution < 1.29 is 15.1 Å². The minimum absolute atomic E-state index is 0.128. The summed E-state index contributed by atoms with van der Waals surface area (Å²) < 4.78 is 86.6. The highest BCUT2D eigenvalue weighted by Crippen LogP contribution is 2.18. The van der Waals surface area contributed by atoms with Gasteiger partial charge in [0.15, 0.2) is 0 Å². The Kier molecular flexibility index (Phi) is 0.801. The van der Waals surface area contributed by atoms with E-state index in [0.717, 1.165) is 6.07 Å². The molecule has 0 aromatic heterocycles. The first-order valence-corrected chi connectivity index (χ1v) is 3.95. The molecule has 3 nitrogen and oxygen atoms in total. The third-order valence-corrected chi connectivity index (χ3v) is 1.68. The predicted octanol–water partition coefficient (Wildman–Crippen LogP) is 1.02. The molecule has 0 bridgehead atoms. The van der Waals surface area contributed by atoms with Gasteiger partial charge in [-0.05, 0) is 25.2 Å². The summed E-state index contributed by atoms with van der Waals surface area (Å²) in [5, 5.41) is 0. The summed E-state index contributed by atoms with van der Waals surface area (Å²) in [6.45, 7) is -16.7. The lowest BCUT2D eigenvalue weighted by Crippen LogP contribution is -2.44. The van der Waals surface area contributed by atoms with Crippen LogP contribution in [0.1, 0.15) is 15.1 Å². The minimum Gasteiger partial charge on any atom is -0.399 e. The fourth-order valence-corrected chi connectivity index (χ4v) is 1.05. The molecular formula is C11H17N3. The van der Waals surface area contributed by atoms with Crippen molar-refractivity contribution in [3.8, 4) is 0 Å². The zero-order chi connectivity index (χ0) is 19.6. The zero-order valence-electron chi connectivity index (χ0n) is 18.3. The first-order valence-electron chi connectivity index (χ1n) is 9.45. The molecule has 1 aromatic rings. The first-order chi connectivity index (χ1) is 11.0. The van der Waals surface area contributed by atoms with Crippen LogP contribution in [-0.2, 0) is 0 Å². The van der Waals surface area contributed by atoms with Crippen LogP contribution in [0.3, 0.4) is 0 Å². The number of nitrogens with two attached hydrogens (primary N) is 1. The summed E-state index contributed by atoms with van der Waals surface area (Å²) in [5.74, 6) is 0. The molecule has 0 radical (unpaired) electrons. The predicted molar refractivity (Wildman–Crippen MR) is 60.6 cm³/mol. The van der Waals surface area contributed by atoms with E-state index in [1.165, 1.54) is 18.2 Å². The summed E-state index contributed by atoms with van der Waals surface area (Å²) in [6.07, 6.45) is 0. The van der Waals surface area contributed by atoms with Crippen LogP contribution in [0.4, 0.5) is 11.4 Å². The van der Waals surface area contributed by atoms with E-state index in [2.05, 4.69) is 0 Å². The monoisotopic (exact) mass is 202 g/mol. The summed E-state index contributed by atoms with van der Waals surface area (Å²) in [6, 6.07) is 5.21. The maximum Gasteiger partial charge on any atom is 0.0506 e. The van der Waals surface area contributed by atoms with E-state index in [1.807, 2.05) is 0 Å². The molecule has 1 aliphatic rings. The SMILES string of the molecule is [2H]C([2H])([2H])N1C([2H])([2H])C([2H])([2H])N(c2cccc(N)c2)C([2H])([2H])C1([2H])[2H]. The normalized spacial score (nSPS) is 45.4. The molecule has 1 saturated heterocycles. The Hall–Kier alpha value is -1.22. The number of anilines is 2. The highest BCUT2D eigenvalue weighted by atomic mass is 15.2. The Morgan fingerprint density at radius 3 is 2.79 bits per heavy atom. The van der Waals surface area contributed by atoms with E-state index in [0.29, 0.717) is 0 Å². The number of piperazine rings is 1. The average Bonchev–Trinajstić information content (AvgIpc) is 2.33. The summed E-state index contributed by atoms with van der Waals surface area (Å²) in [7, 11) is 0. The molecule has 1 aromatic carbocycles. The molecule has 0 spiro atoms. The second-order valence-corrected chi connectivity index (χ2v) is 2.71. The Morgan fingerprint density at radius 1 is 1.36 bits per heavy atom. The van der Waals surface area contributed by atoms with Crippen molar-refractivity contribution in [3.05, 3.63) is 24.3 Å². The van der Waals surface area contributed by atoms with Crippen molar-refractivity contribution in [3.63, 3.8) is 0 Å². The number of benzene rings is 1. The molecule has 1 fully saturated rings. The molecule has 0 saturated carbocycles. The van der Waals surface area contributed by atoms with Gasteiger partial charge >= 0.3 is 0 Å². The quantitative estimate of drug-likeness (QED) is 0.690. The molecular weight excluding hydrogens is 174 g/mol. The second kappa shape index (κ2) is 3.88. The number of hydrogen-bond donors (Lipinski definition) is 1. The van der Waals surface area contributed by atoms with Crippen LogP contribution in [0.25, 0.3) is 0 Å². The van der Waals surface area contributed by atoms with Gasteiger partial charge in [0.1, 0.15) is 0 Å². The molecule has 0 atom stereocenters. The lowest BCUT2D eigenvalue weighted by Gasteiger charge is -2.34. The second-order valence-electron chi connectivity index (χ2n) is 2.71. The zero-order valence-corrected chi connectivity index (χ0v) is 7.28. The lowest BCUT2D eigenvalue weighted by atomic mass is 10.2. The van der Waals surface area contributed by atoms with E-state index in [1.54, 1.807) is 0 Å². The number of nitrogens with zero attached hydrogens (tertiary/aromatic N) is 2. The first kappa shape index (κ1) is 2.89. The number of rotatable bonds is 1. The Bertz CT molecular complexity index is 641. The number of nitrogen functional groups attached to an aromatic ring is 1. The van der Waals surface area contributed by atoms with Crippen LogP contribution >= 0.6 is 0 Å². The molecule has 3 heteroatoms. The van der Waals surface area contributed by atoms with Crippen LogP contribution < -0.4 is 10.6 Å². The Morgan fingerprint density at radius 2 is 2.14 bits per heavy atom. The van der Waals surface area contributed by atoms with Crippen molar-refractivity contribution >= 4 is 11.4 Å². The highest BCUT2D eigenvalue weighted by molar-refractivity contribution is 5.56. The number of likely N-dealkylation sites (N-methyl/N-ethyl adjacent to an activating group) is 1. The Labute approximate surface area is 101 Å². The van der Waals surface area contributed by atoms with Gasteiger partial charge in [0.05, 0.1) is 5.48 Å². The topological polar surface area (TPSA) is 32.5 Å². The largest absolute Gasteiger partial charge is 0.399 e. The molecule has 0 amide bonds. The maximum atomic E-state index is 8.12. The van der Waals surface area contributed by atoms with Crippen LogP contribution in [0.5, 0.6) is 0 Å². The van der Waals surface area contributed by atoms with Gasteiger partial charge in [-0.2, -0.15) is 0 Å². The number of hydrogen-bond acceptors (Lipinski definition) is 3. The molecule has 76 valence electrons. The van der Waals surface area contributed by atoms with Crippen molar-refractivity contribution in [2.75, 3.05) is 43.6 Å². The average molecular weight is 202 g/mol. The van der Waals surface area contributed by atoms with Gasteiger partial charge in [0, 0.05) is 47.0 Å². The van der Waals surface area contributed by atoms with Gasteiger partial charge in [-0.3, -0.25) is 0 Å². The highest BCUT2D eigenvalue weighted by Gasteiger charge is 2.13. The van der Waals surface area contributed by atoms with Gasteiger partial charge in [0.25, 0.3) is 0 Å². The molecule has 1 heterocycles. The van der Waals surface area contributed by atoms with Gasteiger partial charge in [-0.15, -0.1) is 0 Å². The van der Waals surface area contributed by atoms with E-state index in [4.69, 9.17) is 20.8 Å². The van der Waals surface area contributed by atoms with Crippen molar-refractivity contribution in [2.24, 2.45) is 0 Å². The van der Waals surface area contributed by atoms with Crippen LogP contribution in [-0.4, -0.2) is 37.9 Å². The maximum absolute atomic E-state index is 8.12. The standard InChI is InChI=1S/C11H17N3/c1-13-5-7-14(8-6-13)11-4-2-3-10(12)9-11/h2-4,9H,5-8,12H2,1H3/i1D3,5D2,6D2,7D2,8D2. The van der Waals surface area contributed by atoms with Gasteiger partial charge in [0.2, 0.25) is 0 Å². The molecule has 0 aliphatic carbocycles. The summed E-state index contributed by atoms with van der Waals surface area (Å²) in [4.78, 5) is -0.103. The third-order valence-electron chi connectivity index (χ3n) is 1.68. The van der Waals surface area contributed by atoms with E-state index in [9.17, 15) is 0 Å². The van der Waals surface area contributed by atoms with Crippen LogP contribution in [0.15, 0.2) is 24.3 Å². The fourth-order valence-electron chi connectivity index (χ4n) is 1.05. The van der Waals surface area contributed by atoms with Gasteiger partial charge < -0.3 is 15.5 Å². The van der Waals surface area contributed by atoms with Gasteiger partial charge in [-0.1, -0.05) is 6.07 Å². The van der Waals surface area contributed by atoms with E-state index >= 15 is 0 Å². The molecule has 1 aliphatic heterocycles. The lowest BCUT2D eigenvalue weighted by molar-refractivity contribution is 0.313. The van der Waals surface area contributed by atoms with E-state index in [-0.39, 0.29) is 21.2 Å². The molecule has 0 unspecified atom stereocenters. The summed E-state index contributed by atoms with van der Waals surface area (Å²) >= 11 is 0. The van der Waals surface area contributed by atoms with E-state index < -0.39 is 33.0 Å². The summed E-state index contributed by atoms with van der Waals surface area (Å²) in [5.41, 5.74) is 5.53. The molecule has 14 heavy (non-hydrogen) atoms. The smallest absolute Gasteiger partial charge is 0.0506 e. The van der Waals surface area contributed by atoms with Crippen LogP contribution in [0.2, 0.25) is 0 Å². The Balaban J connectivity index is 2.80. The van der Waals surface area contributed by atoms with Crippen molar-refractivity contribution in [1.29, 1.82) is 0 Å². The van der Waals surface area contributed by atoms with Crippen molar-refractivity contribution in [2.45, 2.75) is 0 Å². The molecule has 2 rings (SSSR count). The van der Waals surface area contributed by atoms with Gasteiger partial charge in [-0.25, -0.2) is 0 Å². The fraction of sp³-hybridized carbons (Fsp3) is 0.455. The van der Waals surface area contributed by atoms with Crippen LogP contribution in [0, 0.1) is 0 Å². The molecule has 2 N–H and O–H groups in total. The third kappa shape index (κ3) is 1.99. The van der Waals surface area contributed by atoms with Crippen molar-refractivity contribution in [1.82, 2.24) is 4.90 Å². The minimum atomic E-state index is -3.42.